The quantitative estimate of drug-likeness (QED) is 0.261. The fourth-order valence-corrected chi connectivity index (χ4v) is 0.497. The van der Waals surface area contributed by atoms with Gasteiger partial charge in [0.2, 0.25) is 5.71 Å². The Morgan fingerprint density at radius 3 is 2.10 bits per heavy atom. The van der Waals surface area contributed by atoms with Gasteiger partial charge in [0.25, 0.3) is 5.24 Å². The molecule has 4 nitrogen and oxygen atoms in total. The Kier molecular flexibility index (Phi) is 3.64. The summed E-state index contributed by atoms with van der Waals surface area (Å²) in [5, 5.41) is 2.20. The topological polar surface area (TPSA) is 55.7 Å². The third kappa shape index (κ3) is 2.59. The predicted molar refractivity (Wildman–Crippen MR) is 36.0 cm³/mol. The summed E-state index contributed by atoms with van der Waals surface area (Å²) in [5.41, 5.74) is -0.385. The first kappa shape index (κ1) is 9.10. The summed E-state index contributed by atoms with van der Waals surface area (Å²) in [6.45, 7) is 1.18. The van der Waals surface area contributed by atoms with Crippen LogP contribution in [0.3, 0.4) is 0 Å². The number of ketones is 1. The Balaban J connectivity index is 4.42. The molecule has 0 saturated heterocycles. The molecule has 0 heterocycles. The molecule has 10 heavy (non-hydrogen) atoms. The lowest BCUT2D eigenvalue weighted by Gasteiger charge is -1.91. The van der Waals surface area contributed by atoms with Crippen molar-refractivity contribution in [2.24, 2.45) is 5.16 Å². The monoisotopic (exact) mass is 163 g/mol. The molecule has 0 aliphatic heterocycles. The number of rotatable bonds is 3. The molecule has 0 aliphatic rings. The van der Waals surface area contributed by atoms with E-state index in [-0.39, 0.29) is 5.71 Å². The molecule has 0 rings (SSSR count). The summed E-state index contributed by atoms with van der Waals surface area (Å²) in [5.74, 6) is -0.512. The van der Waals surface area contributed by atoms with Crippen molar-refractivity contribution in [1.29, 1.82) is 0 Å². The minimum Gasteiger partial charge on any atom is -0.398 e. The molecule has 0 aliphatic carbocycles. The van der Waals surface area contributed by atoms with Gasteiger partial charge in [-0.25, -0.2) is 0 Å². The SMILES string of the molecule is CO/N=C(\C(C)=O)C(=O)Cl. The van der Waals surface area contributed by atoms with Gasteiger partial charge >= 0.3 is 0 Å². The maximum atomic E-state index is 10.5. The predicted octanol–water partition coefficient (Wildman–Crippen LogP) is 0.343. The first-order chi connectivity index (χ1) is 4.59. The second-order valence-corrected chi connectivity index (χ2v) is 1.80. The van der Waals surface area contributed by atoms with E-state index in [9.17, 15) is 9.59 Å². The zero-order valence-corrected chi connectivity index (χ0v) is 6.31. The highest BCUT2D eigenvalue weighted by Crippen LogP contribution is 1.89. The first-order valence-electron chi connectivity index (χ1n) is 2.41. The van der Waals surface area contributed by atoms with Crippen LogP contribution in [0, 0.1) is 0 Å². The highest BCUT2D eigenvalue weighted by molar-refractivity contribution is 6.90. The van der Waals surface area contributed by atoms with Crippen LogP contribution >= 0.6 is 11.6 Å². The second kappa shape index (κ2) is 4.00. The lowest BCUT2D eigenvalue weighted by molar-refractivity contribution is -0.113. The summed E-state index contributed by atoms with van der Waals surface area (Å²) in [4.78, 5) is 25.0. The summed E-state index contributed by atoms with van der Waals surface area (Å²) in [7, 11) is 1.22. The number of hydrogen-bond donors (Lipinski definition) is 0. The van der Waals surface area contributed by atoms with Gasteiger partial charge in [0.05, 0.1) is 0 Å². The van der Waals surface area contributed by atoms with Crippen molar-refractivity contribution in [3.05, 3.63) is 0 Å². The van der Waals surface area contributed by atoms with E-state index in [0.29, 0.717) is 0 Å². The third-order valence-corrected chi connectivity index (χ3v) is 0.881. The van der Waals surface area contributed by atoms with Crippen LogP contribution < -0.4 is 0 Å². The number of halogens is 1. The van der Waals surface area contributed by atoms with E-state index < -0.39 is 11.0 Å². The van der Waals surface area contributed by atoms with Gasteiger partial charge in [0.1, 0.15) is 7.11 Å². The van der Waals surface area contributed by atoms with Crippen LogP contribution in [-0.4, -0.2) is 23.8 Å². The van der Waals surface area contributed by atoms with Crippen molar-refractivity contribution in [2.75, 3.05) is 7.11 Å². The standard InChI is InChI=1S/C5H6ClNO3/c1-3(8)4(5(6)9)7-10-2/h1-2H3/b7-4+. The molecule has 0 aromatic heterocycles. The smallest absolute Gasteiger partial charge is 0.277 e. The molecule has 56 valence electrons. The molecule has 0 aromatic rings. The summed E-state index contributed by atoms with van der Waals surface area (Å²) in [6, 6.07) is 0. The van der Waals surface area contributed by atoms with Crippen LogP contribution in [-0.2, 0) is 14.4 Å². The van der Waals surface area contributed by atoms with E-state index in [1.165, 1.54) is 14.0 Å². The van der Waals surface area contributed by atoms with Crippen molar-refractivity contribution >= 4 is 28.3 Å². The summed E-state index contributed by atoms with van der Waals surface area (Å²) >= 11 is 4.95. The van der Waals surface area contributed by atoms with E-state index in [1.807, 2.05) is 0 Å². The minimum absolute atomic E-state index is 0.385. The third-order valence-electron chi connectivity index (χ3n) is 0.702. The van der Waals surface area contributed by atoms with Crippen molar-refractivity contribution < 1.29 is 14.4 Å². The van der Waals surface area contributed by atoms with Crippen molar-refractivity contribution in [1.82, 2.24) is 0 Å². The highest BCUT2D eigenvalue weighted by Gasteiger charge is 2.13. The maximum absolute atomic E-state index is 10.5. The van der Waals surface area contributed by atoms with Gasteiger partial charge in [-0.1, -0.05) is 5.16 Å². The molecule has 0 bridgehead atoms. The average Bonchev–Trinajstić information content (AvgIpc) is 1.81. The van der Waals surface area contributed by atoms with Crippen LogP contribution in [0.15, 0.2) is 5.16 Å². The second-order valence-electron chi connectivity index (χ2n) is 1.45. The highest BCUT2D eigenvalue weighted by atomic mass is 35.5. The van der Waals surface area contributed by atoms with Gasteiger partial charge in [-0.3, -0.25) is 9.59 Å². The Morgan fingerprint density at radius 2 is 2.00 bits per heavy atom. The van der Waals surface area contributed by atoms with E-state index in [1.54, 1.807) is 0 Å². The lowest BCUT2D eigenvalue weighted by Crippen LogP contribution is -2.17. The molecule has 5 heteroatoms. The molecule has 0 unspecified atom stereocenters. The first-order valence-corrected chi connectivity index (χ1v) is 2.79. The van der Waals surface area contributed by atoms with Gasteiger partial charge in [-0.05, 0) is 11.6 Å². The lowest BCUT2D eigenvalue weighted by atomic mass is 10.3. The van der Waals surface area contributed by atoms with E-state index in [2.05, 4.69) is 9.99 Å². The van der Waals surface area contributed by atoms with Crippen LogP contribution in [0.25, 0.3) is 0 Å². The summed E-state index contributed by atoms with van der Waals surface area (Å²) < 4.78 is 0. The van der Waals surface area contributed by atoms with Crippen LogP contribution in [0.1, 0.15) is 6.92 Å². The van der Waals surface area contributed by atoms with E-state index >= 15 is 0 Å². The molecular formula is C5H6ClNO3. The number of oxime groups is 1. The number of hydrogen-bond acceptors (Lipinski definition) is 4. The minimum atomic E-state index is -0.908. The van der Waals surface area contributed by atoms with Crippen LogP contribution in [0.5, 0.6) is 0 Å². The number of Topliss-reactive ketones (excluding diaryl/α,β-unsaturated/α-hetero) is 1. The molecule has 0 fully saturated rings. The molecular weight excluding hydrogens is 158 g/mol. The van der Waals surface area contributed by atoms with Gasteiger partial charge in [0.15, 0.2) is 5.78 Å². The van der Waals surface area contributed by atoms with Crippen molar-refractivity contribution in [2.45, 2.75) is 6.92 Å². The molecule has 0 spiro atoms. The molecule has 0 N–H and O–H groups in total. The normalized spacial score (nSPS) is 10.9. The molecule has 0 aromatic carbocycles. The fraction of sp³-hybridized carbons (Fsp3) is 0.400. The largest absolute Gasteiger partial charge is 0.398 e. The average molecular weight is 164 g/mol. The fourth-order valence-electron chi connectivity index (χ4n) is 0.330. The number of carbonyl (C=O) groups excluding carboxylic acids is 2. The van der Waals surface area contributed by atoms with E-state index in [0.717, 1.165) is 0 Å². The van der Waals surface area contributed by atoms with Crippen LogP contribution in [0.4, 0.5) is 0 Å². The maximum Gasteiger partial charge on any atom is 0.277 e. The Labute approximate surface area is 62.8 Å². The van der Waals surface area contributed by atoms with Crippen LogP contribution in [0.2, 0.25) is 0 Å². The zero-order valence-electron chi connectivity index (χ0n) is 5.55. The molecule has 0 atom stereocenters. The van der Waals surface area contributed by atoms with Gasteiger partial charge in [0, 0.05) is 6.92 Å². The number of carbonyl (C=O) groups is 2. The van der Waals surface area contributed by atoms with Gasteiger partial charge in [-0.2, -0.15) is 0 Å². The Hall–Kier alpha value is -0.900. The van der Waals surface area contributed by atoms with Gasteiger partial charge < -0.3 is 4.84 Å². The number of nitrogens with zero attached hydrogens (tertiary/aromatic N) is 1. The van der Waals surface area contributed by atoms with E-state index in [4.69, 9.17) is 11.6 Å². The molecule has 0 radical (unpaired) electrons. The molecule has 0 saturated carbocycles. The Bertz CT molecular complexity index is 171. The molecule has 0 amide bonds. The van der Waals surface area contributed by atoms with Gasteiger partial charge in [-0.15, -0.1) is 0 Å². The Morgan fingerprint density at radius 1 is 1.50 bits per heavy atom. The zero-order chi connectivity index (χ0) is 8.15. The van der Waals surface area contributed by atoms with Crippen molar-refractivity contribution in [3.8, 4) is 0 Å². The van der Waals surface area contributed by atoms with Crippen molar-refractivity contribution in [3.63, 3.8) is 0 Å². The summed E-state index contributed by atoms with van der Waals surface area (Å²) in [6.07, 6.45) is 0.